The Bertz CT molecular complexity index is 1120. The molecule has 0 saturated carbocycles. The van der Waals surface area contributed by atoms with E-state index in [1.54, 1.807) is 30.3 Å². The van der Waals surface area contributed by atoms with Crippen LogP contribution in [0.25, 0.3) is 11.3 Å². The molecule has 0 N–H and O–H groups in total. The molecule has 0 aliphatic carbocycles. The molecular formula is C20H19FN2O4S. The first-order valence-corrected chi connectivity index (χ1v) is 10.2. The highest BCUT2D eigenvalue weighted by Gasteiger charge is 2.34. The van der Waals surface area contributed by atoms with Gasteiger partial charge in [-0.15, -0.1) is 0 Å². The van der Waals surface area contributed by atoms with E-state index in [-0.39, 0.29) is 17.3 Å². The number of aryl methyl sites for hydroxylation is 1. The fraction of sp³-hybridized carbons (Fsp3) is 0.250. The number of rotatable bonds is 4. The normalized spacial score (nSPS) is 14.7. The Morgan fingerprint density at radius 2 is 1.93 bits per heavy atom. The number of aromatic nitrogens is 1. The van der Waals surface area contributed by atoms with E-state index in [4.69, 9.17) is 9.26 Å². The molecule has 1 aliphatic rings. The van der Waals surface area contributed by atoms with Crippen LogP contribution in [0.2, 0.25) is 0 Å². The van der Waals surface area contributed by atoms with Crippen LogP contribution in [0.1, 0.15) is 16.8 Å². The van der Waals surface area contributed by atoms with Gasteiger partial charge in [0.2, 0.25) is 10.0 Å². The summed E-state index contributed by atoms with van der Waals surface area (Å²) in [6, 6.07) is 10.9. The first-order chi connectivity index (χ1) is 13.4. The van der Waals surface area contributed by atoms with Crippen molar-refractivity contribution in [3.8, 4) is 17.1 Å². The number of nitrogens with zero attached hydrogens (tertiary/aromatic N) is 2. The molecule has 2 heterocycles. The van der Waals surface area contributed by atoms with E-state index >= 15 is 0 Å². The number of hydrogen-bond donors (Lipinski definition) is 0. The number of sulfonamides is 1. The van der Waals surface area contributed by atoms with E-state index in [1.807, 2.05) is 6.92 Å². The molecule has 6 nitrogen and oxygen atoms in total. The minimum Gasteiger partial charge on any atom is -0.495 e. The molecule has 0 bridgehead atoms. The predicted octanol–water partition coefficient (Wildman–Crippen LogP) is 3.54. The lowest BCUT2D eigenvalue weighted by Gasteiger charge is -2.26. The van der Waals surface area contributed by atoms with Crippen LogP contribution in [-0.2, 0) is 23.0 Å². The first-order valence-electron chi connectivity index (χ1n) is 8.78. The quantitative estimate of drug-likeness (QED) is 0.667. The number of hydrogen-bond acceptors (Lipinski definition) is 5. The zero-order valence-electron chi connectivity index (χ0n) is 15.5. The van der Waals surface area contributed by atoms with Crippen LogP contribution < -0.4 is 4.74 Å². The zero-order valence-corrected chi connectivity index (χ0v) is 16.3. The lowest BCUT2D eigenvalue weighted by molar-refractivity contribution is 0.375. The van der Waals surface area contributed by atoms with Gasteiger partial charge in [-0.3, -0.25) is 0 Å². The molecule has 0 spiro atoms. The predicted molar refractivity (Wildman–Crippen MR) is 101 cm³/mol. The summed E-state index contributed by atoms with van der Waals surface area (Å²) in [5.74, 6) is 0.416. The van der Waals surface area contributed by atoms with Crippen molar-refractivity contribution in [2.24, 2.45) is 0 Å². The Balaban J connectivity index is 1.72. The van der Waals surface area contributed by atoms with Crippen molar-refractivity contribution in [3.63, 3.8) is 0 Å². The SMILES string of the molecule is COc1ccc(C)cc1S(=O)(=O)N1CCc2noc(-c3ccc(F)cc3)c2C1. The second-order valence-electron chi connectivity index (χ2n) is 6.69. The molecule has 3 aromatic rings. The van der Waals surface area contributed by atoms with Crippen LogP contribution in [0.5, 0.6) is 5.75 Å². The van der Waals surface area contributed by atoms with Gasteiger partial charge in [-0.25, -0.2) is 12.8 Å². The Morgan fingerprint density at radius 3 is 2.64 bits per heavy atom. The monoisotopic (exact) mass is 402 g/mol. The molecule has 0 saturated heterocycles. The van der Waals surface area contributed by atoms with E-state index in [1.165, 1.54) is 23.5 Å². The van der Waals surface area contributed by atoms with Crippen LogP contribution in [0.15, 0.2) is 51.9 Å². The van der Waals surface area contributed by atoms with Crippen LogP contribution in [-0.4, -0.2) is 31.5 Å². The summed E-state index contributed by atoms with van der Waals surface area (Å²) in [6.07, 6.45) is 0.438. The number of fused-ring (bicyclic) bond motifs is 1. The molecule has 1 aromatic heterocycles. The molecular weight excluding hydrogens is 383 g/mol. The first kappa shape index (κ1) is 18.6. The van der Waals surface area contributed by atoms with Gasteiger partial charge in [0.1, 0.15) is 16.5 Å². The van der Waals surface area contributed by atoms with Crippen molar-refractivity contribution in [3.05, 3.63) is 65.1 Å². The van der Waals surface area contributed by atoms with Gasteiger partial charge in [0.15, 0.2) is 5.76 Å². The van der Waals surface area contributed by atoms with Crippen molar-refractivity contribution in [2.75, 3.05) is 13.7 Å². The van der Waals surface area contributed by atoms with E-state index in [0.29, 0.717) is 35.6 Å². The summed E-state index contributed by atoms with van der Waals surface area (Å²) in [5.41, 5.74) is 2.91. The summed E-state index contributed by atoms with van der Waals surface area (Å²) in [6.45, 7) is 2.26. The molecule has 0 amide bonds. The number of benzene rings is 2. The highest BCUT2D eigenvalue weighted by atomic mass is 32.2. The maximum absolute atomic E-state index is 13.3. The van der Waals surface area contributed by atoms with Crippen molar-refractivity contribution in [1.82, 2.24) is 9.46 Å². The van der Waals surface area contributed by atoms with Gasteiger partial charge in [-0.2, -0.15) is 4.31 Å². The summed E-state index contributed by atoms with van der Waals surface area (Å²) in [5, 5.41) is 4.08. The summed E-state index contributed by atoms with van der Waals surface area (Å²) >= 11 is 0. The Kier molecular flexibility index (Phi) is 4.68. The van der Waals surface area contributed by atoms with Gasteiger partial charge in [0.25, 0.3) is 0 Å². The Hall–Kier alpha value is -2.71. The van der Waals surface area contributed by atoms with Crippen molar-refractivity contribution in [1.29, 1.82) is 0 Å². The van der Waals surface area contributed by atoms with Gasteiger partial charge in [-0.1, -0.05) is 11.2 Å². The number of ether oxygens (including phenoxy) is 1. The maximum Gasteiger partial charge on any atom is 0.247 e. The Labute approximate surface area is 162 Å². The number of methoxy groups -OCH3 is 1. The van der Waals surface area contributed by atoms with Gasteiger partial charge in [0.05, 0.1) is 12.8 Å². The third kappa shape index (κ3) is 3.18. The van der Waals surface area contributed by atoms with Gasteiger partial charge >= 0.3 is 0 Å². The standard InChI is InChI=1S/C20H19FN2O4S/c1-13-3-8-18(26-2)19(11-13)28(24,25)23-10-9-17-16(12-23)20(27-22-17)14-4-6-15(21)7-5-14/h3-8,11H,9-10,12H2,1-2H3. The fourth-order valence-electron chi connectivity index (χ4n) is 3.35. The lowest BCUT2D eigenvalue weighted by atomic mass is 10.0. The second kappa shape index (κ2) is 7.03. The molecule has 146 valence electrons. The van der Waals surface area contributed by atoms with E-state index in [2.05, 4.69) is 5.16 Å². The summed E-state index contributed by atoms with van der Waals surface area (Å²) in [7, 11) is -2.33. The van der Waals surface area contributed by atoms with Crippen LogP contribution in [0.4, 0.5) is 4.39 Å². The maximum atomic E-state index is 13.3. The molecule has 1 aliphatic heterocycles. The average molecular weight is 402 g/mol. The van der Waals surface area contributed by atoms with Crippen molar-refractivity contribution < 1.29 is 22.1 Å². The smallest absolute Gasteiger partial charge is 0.247 e. The zero-order chi connectivity index (χ0) is 19.9. The molecule has 0 fully saturated rings. The van der Waals surface area contributed by atoms with E-state index in [0.717, 1.165) is 11.3 Å². The lowest BCUT2D eigenvalue weighted by Crippen LogP contribution is -2.36. The van der Waals surface area contributed by atoms with Crippen LogP contribution >= 0.6 is 0 Å². The minimum absolute atomic E-state index is 0.130. The molecule has 0 atom stereocenters. The molecule has 4 rings (SSSR count). The van der Waals surface area contributed by atoms with Crippen molar-refractivity contribution in [2.45, 2.75) is 24.8 Å². The van der Waals surface area contributed by atoms with Crippen LogP contribution in [0.3, 0.4) is 0 Å². The largest absolute Gasteiger partial charge is 0.495 e. The highest BCUT2D eigenvalue weighted by Crippen LogP contribution is 2.34. The topological polar surface area (TPSA) is 72.6 Å². The Morgan fingerprint density at radius 1 is 1.18 bits per heavy atom. The number of halogens is 1. The third-order valence-corrected chi connectivity index (χ3v) is 6.71. The fourth-order valence-corrected chi connectivity index (χ4v) is 4.99. The van der Waals surface area contributed by atoms with E-state index in [9.17, 15) is 12.8 Å². The van der Waals surface area contributed by atoms with Gasteiger partial charge < -0.3 is 9.26 Å². The third-order valence-electron chi connectivity index (χ3n) is 4.85. The van der Waals surface area contributed by atoms with Gasteiger partial charge in [-0.05, 0) is 48.9 Å². The molecule has 8 heteroatoms. The average Bonchev–Trinajstić information content (AvgIpc) is 3.12. The van der Waals surface area contributed by atoms with E-state index < -0.39 is 10.0 Å². The highest BCUT2D eigenvalue weighted by molar-refractivity contribution is 7.89. The molecule has 2 aromatic carbocycles. The molecule has 0 unspecified atom stereocenters. The van der Waals surface area contributed by atoms with Gasteiger partial charge in [0, 0.05) is 30.6 Å². The minimum atomic E-state index is -3.77. The van der Waals surface area contributed by atoms with Crippen LogP contribution in [0, 0.1) is 12.7 Å². The summed E-state index contributed by atoms with van der Waals surface area (Å²) < 4.78 is 51.9. The molecule has 28 heavy (non-hydrogen) atoms. The second-order valence-corrected chi connectivity index (χ2v) is 8.59. The summed E-state index contributed by atoms with van der Waals surface area (Å²) in [4.78, 5) is 0.137. The van der Waals surface area contributed by atoms with Crippen molar-refractivity contribution >= 4 is 10.0 Å². The molecule has 0 radical (unpaired) electrons.